The van der Waals surface area contributed by atoms with Crippen molar-refractivity contribution >= 4 is 5.69 Å². The molecule has 0 aliphatic rings. The molecule has 2 nitrogen and oxygen atoms in total. The van der Waals surface area contributed by atoms with Crippen molar-refractivity contribution in [1.82, 2.24) is 0 Å². The number of hydrogen-bond acceptors (Lipinski definition) is 2. The van der Waals surface area contributed by atoms with Crippen molar-refractivity contribution in [1.29, 1.82) is 0 Å². The minimum absolute atomic E-state index is 0.144. The Balaban J connectivity index is 1.83. The van der Waals surface area contributed by atoms with E-state index in [1.54, 1.807) is 0 Å². The summed E-state index contributed by atoms with van der Waals surface area (Å²) in [5, 5.41) is 0. The highest BCUT2D eigenvalue weighted by atomic mass is 15.1. The van der Waals surface area contributed by atoms with Crippen LogP contribution in [0.3, 0.4) is 0 Å². The van der Waals surface area contributed by atoms with Crippen LogP contribution in [0.5, 0.6) is 0 Å². The Morgan fingerprint density at radius 3 is 2.15 bits per heavy atom. The van der Waals surface area contributed by atoms with E-state index in [4.69, 9.17) is 5.73 Å². The van der Waals surface area contributed by atoms with Crippen LogP contribution < -0.4 is 10.6 Å². The first-order valence-corrected chi connectivity index (χ1v) is 7.41. The van der Waals surface area contributed by atoms with Crippen molar-refractivity contribution in [2.45, 2.75) is 25.8 Å². The molecular formula is C18H24N2. The summed E-state index contributed by atoms with van der Waals surface area (Å²) in [5.41, 5.74) is 8.77. The van der Waals surface area contributed by atoms with Crippen molar-refractivity contribution in [3.8, 4) is 0 Å². The molecule has 0 aliphatic carbocycles. The van der Waals surface area contributed by atoms with Crippen LogP contribution in [0.15, 0.2) is 60.7 Å². The Kier molecular flexibility index (Phi) is 5.63. The average molecular weight is 268 g/mol. The maximum Gasteiger partial charge on any atom is 0.0366 e. The normalized spacial score (nSPS) is 12.1. The van der Waals surface area contributed by atoms with E-state index in [0.29, 0.717) is 0 Å². The lowest BCUT2D eigenvalue weighted by Gasteiger charge is -2.23. The van der Waals surface area contributed by atoms with Crippen LogP contribution in [-0.2, 0) is 0 Å². The largest absolute Gasteiger partial charge is 0.372 e. The SMILES string of the molecule is CCN(CCCC(N)c1ccccc1)c1ccccc1. The molecule has 1 atom stereocenters. The first kappa shape index (κ1) is 14.6. The van der Waals surface area contributed by atoms with Crippen LogP contribution in [0, 0.1) is 0 Å². The van der Waals surface area contributed by atoms with Gasteiger partial charge in [-0.15, -0.1) is 0 Å². The van der Waals surface area contributed by atoms with E-state index in [1.807, 2.05) is 6.07 Å². The summed E-state index contributed by atoms with van der Waals surface area (Å²) in [6.07, 6.45) is 2.13. The molecule has 2 heteroatoms. The summed E-state index contributed by atoms with van der Waals surface area (Å²) in [6, 6.07) is 21.1. The van der Waals surface area contributed by atoms with Crippen molar-refractivity contribution in [2.75, 3.05) is 18.0 Å². The van der Waals surface area contributed by atoms with Gasteiger partial charge in [0, 0.05) is 24.8 Å². The number of anilines is 1. The summed E-state index contributed by atoms with van der Waals surface area (Å²) < 4.78 is 0. The molecule has 2 N–H and O–H groups in total. The molecule has 1 unspecified atom stereocenters. The van der Waals surface area contributed by atoms with Gasteiger partial charge in [-0.1, -0.05) is 48.5 Å². The molecule has 0 saturated carbocycles. The zero-order valence-electron chi connectivity index (χ0n) is 12.2. The second-order valence-corrected chi connectivity index (χ2v) is 5.07. The molecule has 2 aromatic carbocycles. The third kappa shape index (κ3) is 4.10. The fourth-order valence-electron chi connectivity index (χ4n) is 2.48. The molecule has 0 heterocycles. The average Bonchev–Trinajstić information content (AvgIpc) is 2.53. The summed E-state index contributed by atoms with van der Waals surface area (Å²) in [7, 11) is 0. The zero-order valence-corrected chi connectivity index (χ0v) is 12.2. The summed E-state index contributed by atoms with van der Waals surface area (Å²) in [5.74, 6) is 0. The quantitative estimate of drug-likeness (QED) is 0.822. The van der Waals surface area contributed by atoms with E-state index in [2.05, 4.69) is 66.4 Å². The lowest BCUT2D eigenvalue weighted by molar-refractivity contribution is 0.602. The Labute approximate surface area is 122 Å². The Morgan fingerprint density at radius 1 is 0.950 bits per heavy atom. The molecule has 0 aliphatic heterocycles. The van der Waals surface area contributed by atoms with Gasteiger partial charge in [-0.25, -0.2) is 0 Å². The Hall–Kier alpha value is -1.80. The minimum atomic E-state index is 0.144. The topological polar surface area (TPSA) is 29.3 Å². The van der Waals surface area contributed by atoms with Gasteiger partial charge in [0.15, 0.2) is 0 Å². The number of hydrogen-bond donors (Lipinski definition) is 1. The van der Waals surface area contributed by atoms with Crippen molar-refractivity contribution < 1.29 is 0 Å². The van der Waals surface area contributed by atoms with Gasteiger partial charge in [-0.3, -0.25) is 0 Å². The molecule has 0 saturated heterocycles. The van der Waals surface area contributed by atoms with Crippen LogP contribution in [0.25, 0.3) is 0 Å². The van der Waals surface area contributed by atoms with Gasteiger partial charge < -0.3 is 10.6 Å². The van der Waals surface area contributed by atoms with Crippen molar-refractivity contribution in [3.63, 3.8) is 0 Å². The lowest BCUT2D eigenvalue weighted by atomic mass is 10.0. The number of benzene rings is 2. The van der Waals surface area contributed by atoms with Crippen molar-refractivity contribution in [3.05, 3.63) is 66.2 Å². The number of nitrogens with zero attached hydrogens (tertiary/aromatic N) is 1. The van der Waals surface area contributed by atoms with Gasteiger partial charge >= 0.3 is 0 Å². The predicted molar refractivity (Wildman–Crippen MR) is 86.9 cm³/mol. The van der Waals surface area contributed by atoms with Crippen LogP contribution in [-0.4, -0.2) is 13.1 Å². The highest BCUT2D eigenvalue weighted by Gasteiger charge is 2.07. The second-order valence-electron chi connectivity index (χ2n) is 5.07. The fourth-order valence-corrected chi connectivity index (χ4v) is 2.48. The summed E-state index contributed by atoms with van der Waals surface area (Å²) >= 11 is 0. The van der Waals surface area contributed by atoms with Crippen LogP contribution in [0.1, 0.15) is 31.4 Å². The standard InChI is InChI=1S/C18H24N2/c1-2-20(17-12-7-4-8-13-17)15-9-14-18(19)16-10-5-3-6-11-16/h3-8,10-13,18H,2,9,14-15,19H2,1H3. The van der Waals surface area contributed by atoms with E-state index in [9.17, 15) is 0 Å². The zero-order chi connectivity index (χ0) is 14.2. The van der Waals surface area contributed by atoms with Gasteiger partial charge in [0.05, 0.1) is 0 Å². The third-order valence-corrected chi connectivity index (χ3v) is 3.67. The number of rotatable bonds is 7. The highest BCUT2D eigenvalue weighted by Crippen LogP contribution is 2.18. The van der Waals surface area contributed by atoms with Crippen LogP contribution in [0.2, 0.25) is 0 Å². The third-order valence-electron chi connectivity index (χ3n) is 3.67. The molecule has 0 aromatic heterocycles. The number of nitrogens with two attached hydrogens (primary N) is 1. The van der Waals surface area contributed by atoms with Gasteiger partial charge in [0.2, 0.25) is 0 Å². The van der Waals surface area contributed by atoms with Crippen LogP contribution >= 0.6 is 0 Å². The molecule has 106 valence electrons. The molecule has 20 heavy (non-hydrogen) atoms. The molecule has 0 fully saturated rings. The maximum absolute atomic E-state index is 6.24. The predicted octanol–water partition coefficient (Wildman–Crippen LogP) is 3.99. The molecule has 0 amide bonds. The minimum Gasteiger partial charge on any atom is -0.372 e. The van der Waals surface area contributed by atoms with E-state index >= 15 is 0 Å². The van der Waals surface area contributed by atoms with E-state index in [1.165, 1.54) is 11.3 Å². The number of para-hydroxylation sites is 1. The van der Waals surface area contributed by atoms with Crippen LogP contribution in [0.4, 0.5) is 5.69 Å². The van der Waals surface area contributed by atoms with Gasteiger partial charge in [-0.05, 0) is 37.5 Å². The molecule has 2 aromatic rings. The lowest BCUT2D eigenvalue weighted by Crippen LogP contribution is -2.24. The summed E-state index contributed by atoms with van der Waals surface area (Å²) in [4.78, 5) is 2.40. The smallest absolute Gasteiger partial charge is 0.0366 e. The molecule has 0 spiro atoms. The molecule has 0 bridgehead atoms. The maximum atomic E-state index is 6.24. The van der Waals surface area contributed by atoms with E-state index in [0.717, 1.165) is 25.9 Å². The van der Waals surface area contributed by atoms with E-state index in [-0.39, 0.29) is 6.04 Å². The van der Waals surface area contributed by atoms with Gasteiger partial charge in [0.1, 0.15) is 0 Å². The van der Waals surface area contributed by atoms with Crippen molar-refractivity contribution in [2.24, 2.45) is 5.73 Å². The first-order valence-electron chi connectivity index (χ1n) is 7.41. The monoisotopic (exact) mass is 268 g/mol. The fraction of sp³-hybridized carbons (Fsp3) is 0.333. The molecule has 2 rings (SSSR count). The Morgan fingerprint density at radius 2 is 1.55 bits per heavy atom. The summed E-state index contributed by atoms with van der Waals surface area (Å²) in [6.45, 7) is 4.29. The Bertz CT molecular complexity index is 481. The molecular weight excluding hydrogens is 244 g/mol. The first-order chi connectivity index (χ1) is 9.81. The van der Waals surface area contributed by atoms with Gasteiger partial charge in [0.25, 0.3) is 0 Å². The van der Waals surface area contributed by atoms with Gasteiger partial charge in [-0.2, -0.15) is 0 Å². The highest BCUT2D eigenvalue weighted by molar-refractivity contribution is 5.45. The van der Waals surface area contributed by atoms with E-state index < -0.39 is 0 Å². The molecule has 0 radical (unpaired) electrons. The second kappa shape index (κ2) is 7.71.